The molecule has 1 heterocycles. The van der Waals surface area contributed by atoms with Gasteiger partial charge in [0.2, 0.25) is 10.0 Å². The second-order valence-corrected chi connectivity index (χ2v) is 9.69. The number of nitrogens with zero attached hydrogens (tertiary/aromatic N) is 3. The molecule has 0 aliphatic heterocycles. The lowest BCUT2D eigenvalue weighted by Crippen LogP contribution is -2.18. The molecule has 0 atom stereocenters. The molecule has 0 bridgehead atoms. The van der Waals surface area contributed by atoms with Crippen molar-refractivity contribution in [3.8, 4) is 11.1 Å². The minimum Gasteiger partial charge on any atom is -0.378 e. The highest BCUT2D eigenvalue weighted by molar-refractivity contribution is 7.89. The van der Waals surface area contributed by atoms with Gasteiger partial charge < -0.3 is 15.5 Å². The molecule has 0 spiro atoms. The average molecular weight is 475 g/mol. The van der Waals surface area contributed by atoms with Crippen molar-refractivity contribution in [3.63, 3.8) is 0 Å². The van der Waals surface area contributed by atoms with Crippen LogP contribution in [0.15, 0.2) is 90.1 Å². The number of sulfonamides is 1. The highest BCUT2D eigenvalue weighted by Gasteiger charge is 2.12. The molecule has 0 aliphatic rings. The standard InChI is InChI=1S/C25H26N6O2S/c1-26-34(32,33)23-12-6-10-21(15-23)30-25-16-24(27-17-28-25)29-20-9-4-7-18(13-20)19-8-5-11-22(14-19)31(2)3/h4-17,26H,1-3H3,(H2,27,28,29,30). The monoisotopic (exact) mass is 474 g/mol. The summed E-state index contributed by atoms with van der Waals surface area (Å²) >= 11 is 0. The molecule has 8 nitrogen and oxygen atoms in total. The Morgan fingerprint density at radius 1 is 0.735 bits per heavy atom. The number of rotatable bonds is 8. The highest BCUT2D eigenvalue weighted by Crippen LogP contribution is 2.27. The molecular weight excluding hydrogens is 448 g/mol. The molecule has 0 radical (unpaired) electrons. The van der Waals surface area contributed by atoms with Crippen molar-refractivity contribution < 1.29 is 8.42 Å². The first kappa shape index (κ1) is 23.2. The quantitative estimate of drug-likeness (QED) is 0.343. The second kappa shape index (κ2) is 9.90. The molecule has 0 fully saturated rings. The van der Waals surface area contributed by atoms with Crippen molar-refractivity contribution in [2.75, 3.05) is 36.7 Å². The van der Waals surface area contributed by atoms with Crippen LogP contribution in [0.25, 0.3) is 11.1 Å². The minimum atomic E-state index is -3.53. The molecule has 3 aromatic carbocycles. The summed E-state index contributed by atoms with van der Waals surface area (Å²) in [4.78, 5) is 10.8. The van der Waals surface area contributed by atoms with Gasteiger partial charge in [0.1, 0.15) is 18.0 Å². The predicted molar refractivity (Wildman–Crippen MR) is 137 cm³/mol. The van der Waals surface area contributed by atoms with Crippen LogP contribution in [0.1, 0.15) is 0 Å². The Bertz CT molecular complexity index is 1410. The van der Waals surface area contributed by atoms with E-state index in [0.29, 0.717) is 17.3 Å². The Kier molecular flexibility index (Phi) is 6.76. The van der Waals surface area contributed by atoms with Gasteiger partial charge in [-0.1, -0.05) is 30.3 Å². The lowest BCUT2D eigenvalue weighted by atomic mass is 10.0. The predicted octanol–water partition coefficient (Wildman–Crippen LogP) is 4.60. The van der Waals surface area contributed by atoms with Gasteiger partial charge in [-0.15, -0.1) is 0 Å². The Morgan fingerprint density at radius 3 is 1.97 bits per heavy atom. The van der Waals surface area contributed by atoms with E-state index in [4.69, 9.17) is 0 Å². The first-order chi connectivity index (χ1) is 16.3. The van der Waals surface area contributed by atoms with Crippen molar-refractivity contribution in [2.45, 2.75) is 4.90 Å². The maximum atomic E-state index is 12.1. The van der Waals surface area contributed by atoms with E-state index < -0.39 is 10.0 Å². The van der Waals surface area contributed by atoms with Crippen LogP contribution in [0.5, 0.6) is 0 Å². The van der Waals surface area contributed by atoms with E-state index in [1.54, 1.807) is 24.3 Å². The van der Waals surface area contributed by atoms with E-state index in [1.165, 1.54) is 19.4 Å². The van der Waals surface area contributed by atoms with E-state index >= 15 is 0 Å². The second-order valence-electron chi connectivity index (χ2n) is 7.80. The van der Waals surface area contributed by atoms with Gasteiger partial charge in [-0.3, -0.25) is 0 Å². The van der Waals surface area contributed by atoms with Gasteiger partial charge in [-0.2, -0.15) is 0 Å². The fourth-order valence-corrected chi connectivity index (χ4v) is 4.16. The van der Waals surface area contributed by atoms with Crippen LogP contribution in [-0.2, 0) is 10.0 Å². The van der Waals surface area contributed by atoms with Gasteiger partial charge >= 0.3 is 0 Å². The molecule has 0 amide bonds. The molecular formula is C25H26N6O2S. The van der Waals surface area contributed by atoms with E-state index in [2.05, 4.69) is 60.6 Å². The van der Waals surface area contributed by atoms with Crippen molar-refractivity contribution in [1.29, 1.82) is 0 Å². The van der Waals surface area contributed by atoms with Crippen molar-refractivity contribution in [2.24, 2.45) is 0 Å². The minimum absolute atomic E-state index is 0.169. The Morgan fingerprint density at radius 2 is 1.32 bits per heavy atom. The summed E-state index contributed by atoms with van der Waals surface area (Å²) in [7, 11) is 1.89. The number of hydrogen-bond donors (Lipinski definition) is 3. The average Bonchev–Trinajstić information content (AvgIpc) is 2.85. The SMILES string of the molecule is CNS(=O)(=O)c1cccc(Nc2cc(Nc3cccc(-c4cccc(N(C)C)c4)c3)ncn2)c1. The zero-order valence-corrected chi connectivity index (χ0v) is 20.0. The van der Waals surface area contributed by atoms with E-state index in [-0.39, 0.29) is 4.90 Å². The molecule has 0 saturated heterocycles. The van der Waals surface area contributed by atoms with Gasteiger partial charge in [0.25, 0.3) is 0 Å². The molecule has 4 rings (SSSR count). The fourth-order valence-electron chi connectivity index (χ4n) is 3.39. The highest BCUT2D eigenvalue weighted by atomic mass is 32.2. The molecule has 0 unspecified atom stereocenters. The van der Waals surface area contributed by atoms with E-state index in [1.807, 2.05) is 32.3 Å². The Labute approximate surface area is 199 Å². The molecule has 0 aliphatic carbocycles. The molecule has 9 heteroatoms. The van der Waals surface area contributed by atoms with E-state index in [9.17, 15) is 8.42 Å². The summed E-state index contributed by atoms with van der Waals surface area (Å²) in [6, 6.07) is 24.7. The summed E-state index contributed by atoms with van der Waals surface area (Å²) in [6.45, 7) is 0. The third kappa shape index (κ3) is 5.51. The lowest BCUT2D eigenvalue weighted by molar-refractivity contribution is 0.588. The fraction of sp³-hybridized carbons (Fsp3) is 0.120. The molecule has 4 aromatic rings. The van der Waals surface area contributed by atoms with Crippen LogP contribution < -0.4 is 20.3 Å². The Hall–Kier alpha value is -3.95. The van der Waals surface area contributed by atoms with Crippen molar-refractivity contribution in [1.82, 2.24) is 14.7 Å². The molecule has 174 valence electrons. The first-order valence-electron chi connectivity index (χ1n) is 10.6. The lowest BCUT2D eigenvalue weighted by Gasteiger charge is -2.14. The maximum Gasteiger partial charge on any atom is 0.240 e. The molecule has 1 aromatic heterocycles. The number of aromatic nitrogens is 2. The number of hydrogen-bond acceptors (Lipinski definition) is 7. The topological polar surface area (TPSA) is 99.2 Å². The summed E-state index contributed by atoms with van der Waals surface area (Å²) in [5.74, 6) is 1.14. The third-order valence-electron chi connectivity index (χ3n) is 5.18. The van der Waals surface area contributed by atoms with Gasteiger partial charge in [0.05, 0.1) is 4.90 Å². The maximum absolute atomic E-state index is 12.1. The summed E-state index contributed by atoms with van der Waals surface area (Å²) in [5, 5.41) is 6.45. The zero-order valence-electron chi connectivity index (χ0n) is 19.1. The smallest absolute Gasteiger partial charge is 0.240 e. The van der Waals surface area contributed by atoms with Crippen LogP contribution >= 0.6 is 0 Å². The van der Waals surface area contributed by atoms with Gasteiger partial charge in [0.15, 0.2) is 0 Å². The molecule has 3 N–H and O–H groups in total. The normalized spacial score (nSPS) is 11.1. The van der Waals surface area contributed by atoms with Crippen LogP contribution in [0.4, 0.5) is 28.7 Å². The first-order valence-corrected chi connectivity index (χ1v) is 12.1. The van der Waals surface area contributed by atoms with Crippen LogP contribution in [0.3, 0.4) is 0 Å². The summed E-state index contributed by atoms with van der Waals surface area (Å²) in [6.07, 6.45) is 1.45. The number of anilines is 5. The summed E-state index contributed by atoms with van der Waals surface area (Å²) in [5.41, 5.74) is 4.83. The molecule has 0 saturated carbocycles. The van der Waals surface area contributed by atoms with Gasteiger partial charge in [-0.05, 0) is 60.6 Å². The van der Waals surface area contributed by atoms with Crippen molar-refractivity contribution in [3.05, 3.63) is 85.2 Å². The third-order valence-corrected chi connectivity index (χ3v) is 6.60. The summed E-state index contributed by atoms with van der Waals surface area (Å²) < 4.78 is 26.5. The largest absolute Gasteiger partial charge is 0.378 e. The van der Waals surface area contributed by atoms with E-state index in [0.717, 1.165) is 22.5 Å². The van der Waals surface area contributed by atoms with Crippen molar-refractivity contribution >= 4 is 38.7 Å². The number of benzene rings is 3. The molecule has 34 heavy (non-hydrogen) atoms. The van der Waals surface area contributed by atoms with Crippen LogP contribution in [0.2, 0.25) is 0 Å². The number of nitrogens with one attached hydrogen (secondary N) is 3. The Balaban J connectivity index is 1.53. The van der Waals surface area contributed by atoms with Gasteiger partial charge in [0, 0.05) is 37.2 Å². The van der Waals surface area contributed by atoms with Gasteiger partial charge in [-0.25, -0.2) is 23.1 Å². The zero-order chi connectivity index (χ0) is 24.1. The van der Waals surface area contributed by atoms with Crippen LogP contribution in [-0.4, -0.2) is 39.5 Å². The van der Waals surface area contributed by atoms with Crippen LogP contribution in [0, 0.1) is 0 Å².